The summed E-state index contributed by atoms with van der Waals surface area (Å²) in [6.45, 7) is 1.91. The first-order chi connectivity index (χ1) is 7.65. The second kappa shape index (κ2) is 4.84. The largest absolute Gasteiger partial charge is 0.254 e. The van der Waals surface area contributed by atoms with Crippen LogP contribution >= 0.6 is 11.3 Å². The van der Waals surface area contributed by atoms with Gasteiger partial charge in [-0.2, -0.15) is 0 Å². The molecule has 0 aliphatic heterocycles. The number of halogens is 1. The molecule has 2 rings (SSSR count). The number of nitrogens with zero attached hydrogens (tertiary/aromatic N) is 1. The monoisotopic (exact) mass is 255 g/mol. The number of hydrogen-bond acceptors (Lipinski definition) is 3. The van der Waals surface area contributed by atoms with Gasteiger partial charge in [0.15, 0.2) is 0 Å². The zero-order valence-corrected chi connectivity index (χ0v) is 10.3. The molecule has 1 atom stereocenters. The molecular formula is C11H10FNOS2. The summed E-state index contributed by atoms with van der Waals surface area (Å²) in [6, 6.07) is 5.76. The van der Waals surface area contributed by atoms with Crippen LogP contribution in [0.2, 0.25) is 0 Å². The Morgan fingerprint density at radius 2 is 2.06 bits per heavy atom. The molecule has 84 valence electrons. The zero-order chi connectivity index (χ0) is 11.5. The molecule has 1 aromatic carbocycles. The van der Waals surface area contributed by atoms with Crippen molar-refractivity contribution < 1.29 is 8.60 Å². The smallest absolute Gasteiger partial charge is 0.123 e. The molecule has 0 saturated carbocycles. The van der Waals surface area contributed by atoms with Crippen LogP contribution in [-0.4, -0.2) is 9.19 Å². The molecule has 0 saturated heterocycles. The highest BCUT2D eigenvalue weighted by Gasteiger charge is 2.07. The predicted octanol–water partition coefficient (Wildman–Crippen LogP) is 2.90. The van der Waals surface area contributed by atoms with Gasteiger partial charge in [0.25, 0.3) is 0 Å². The Hall–Kier alpha value is -1.07. The molecule has 2 aromatic rings. The van der Waals surface area contributed by atoms with E-state index >= 15 is 0 Å². The average molecular weight is 255 g/mol. The van der Waals surface area contributed by atoms with Crippen LogP contribution in [0.4, 0.5) is 4.39 Å². The zero-order valence-electron chi connectivity index (χ0n) is 8.64. The van der Waals surface area contributed by atoms with Crippen molar-refractivity contribution in [3.05, 3.63) is 46.2 Å². The van der Waals surface area contributed by atoms with Gasteiger partial charge in [0.1, 0.15) is 5.82 Å². The van der Waals surface area contributed by atoms with Crippen LogP contribution in [0, 0.1) is 12.7 Å². The van der Waals surface area contributed by atoms with Crippen molar-refractivity contribution in [1.29, 1.82) is 0 Å². The van der Waals surface area contributed by atoms with Crippen LogP contribution < -0.4 is 0 Å². The van der Waals surface area contributed by atoms with E-state index in [1.807, 2.05) is 6.92 Å². The summed E-state index contributed by atoms with van der Waals surface area (Å²) in [5, 5.41) is 0.964. The molecule has 0 amide bonds. The molecule has 16 heavy (non-hydrogen) atoms. The average Bonchev–Trinajstić information content (AvgIpc) is 2.65. The van der Waals surface area contributed by atoms with E-state index < -0.39 is 10.8 Å². The molecule has 1 heterocycles. The maximum atomic E-state index is 12.7. The molecule has 0 radical (unpaired) electrons. The molecule has 0 fully saturated rings. The molecule has 0 aliphatic rings. The van der Waals surface area contributed by atoms with Gasteiger partial charge in [0.05, 0.1) is 21.6 Å². The summed E-state index contributed by atoms with van der Waals surface area (Å²) in [5.41, 5.74) is 0. The lowest BCUT2D eigenvalue weighted by Crippen LogP contribution is -1.94. The van der Waals surface area contributed by atoms with Crippen LogP contribution in [0.5, 0.6) is 0 Å². The summed E-state index contributed by atoms with van der Waals surface area (Å²) in [5.74, 6) is 0.131. The van der Waals surface area contributed by atoms with Crippen LogP contribution in [0.15, 0.2) is 35.4 Å². The summed E-state index contributed by atoms with van der Waals surface area (Å²) < 4.78 is 24.6. The lowest BCUT2D eigenvalue weighted by Gasteiger charge is -1.99. The third-order valence-electron chi connectivity index (χ3n) is 2.02. The Morgan fingerprint density at radius 3 is 2.62 bits per heavy atom. The lowest BCUT2D eigenvalue weighted by atomic mass is 10.4. The maximum Gasteiger partial charge on any atom is 0.123 e. The lowest BCUT2D eigenvalue weighted by molar-refractivity contribution is 0.626. The number of rotatable bonds is 3. The second-order valence-electron chi connectivity index (χ2n) is 3.29. The molecule has 0 bridgehead atoms. The van der Waals surface area contributed by atoms with Gasteiger partial charge < -0.3 is 0 Å². The molecule has 1 aromatic heterocycles. The molecule has 0 spiro atoms. The third-order valence-corrected chi connectivity index (χ3v) is 4.49. The van der Waals surface area contributed by atoms with Gasteiger partial charge in [0.2, 0.25) is 0 Å². The Morgan fingerprint density at radius 1 is 1.38 bits per heavy atom. The predicted molar refractivity (Wildman–Crippen MR) is 63.4 cm³/mol. The highest BCUT2D eigenvalue weighted by molar-refractivity contribution is 7.84. The number of aryl methyl sites for hydroxylation is 1. The van der Waals surface area contributed by atoms with E-state index in [1.165, 1.54) is 23.5 Å². The standard InChI is InChI=1S/C11H10FNOS2/c1-8-13-6-10(15-8)7-16(14)11-4-2-9(12)3-5-11/h2-6H,7H2,1H3. The van der Waals surface area contributed by atoms with Crippen LogP contribution in [-0.2, 0) is 16.6 Å². The van der Waals surface area contributed by atoms with Gasteiger partial charge in [-0.1, -0.05) is 0 Å². The van der Waals surface area contributed by atoms with Crippen molar-refractivity contribution >= 4 is 22.1 Å². The molecular weight excluding hydrogens is 245 g/mol. The van der Waals surface area contributed by atoms with Gasteiger partial charge >= 0.3 is 0 Å². The fourth-order valence-corrected chi connectivity index (χ4v) is 3.36. The fraction of sp³-hybridized carbons (Fsp3) is 0.182. The first-order valence-corrected chi connectivity index (χ1v) is 6.84. The molecule has 2 nitrogen and oxygen atoms in total. The van der Waals surface area contributed by atoms with Crippen LogP contribution in [0.1, 0.15) is 9.88 Å². The second-order valence-corrected chi connectivity index (χ2v) is 6.06. The van der Waals surface area contributed by atoms with Crippen molar-refractivity contribution in [3.8, 4) is 0 Å². The van der Waals surface area contributed by atoms with Gasteiger partial charge in [-0.25, -0.2) is 9.37 Å². The molecule has 0 N–H and O–H groups in total. The van der Waals surface area contributed by atoms with Gasteiger partial charge in [-0.3, -0.25) is 4.21 Å². The van der Waals surface area contributed by atoms with Crippen molar-refractivity contribution in [3.63, 3.8) is 0 Å². The molecule has 1 unspecified atom stereocenters. The fourth-order valence-electron chi connectivity index (χ4n) is 1.27. The SMILES string of the molecule is Cc1ncc(CS(=O)c2ccc(F)cc2)s1. The van der Waals surface area contributed by atoms with Crippen molar-refractivity contribution in [1.82, 2.24) is 4.98 Å². The van der Waals surface area contributed by atoms with E-state index in [-0.39, 0.29) is 5.82 Å². The number of thiazole rings is 1. The maximum absolute atomic E-state index is 12.7. The van der Waals surface area contributed by atoms with Crippen LogP contribution in [0.25, 0.3) is 0 Å². The van der Waals surface area contributed by atoms with E-state index in [4.69, 9.17) is 0 Å². The minimum atomic E-state index is -1.13. The van der Waals surface area contributed by atoms with E-state index in [1.54, 1.807) is 18.3 Å². The number of aromatic nitrogens is 1. The summed E-state index contributed by atoms with van der Waals surface area (Å²) >= 11 is 1.54. The van der Waals surface area contributed by atoms with Crippen LogP contribution in [0.3, 0.4) is 0 Å². The quantitative estimate of drug-likeness (QED) is 0.844. The van der Waals surface area contributed by atoms with Crippen molar-refractivity contribution in [2.24, 2.45) is 0 Å². The number of hydrogen-bond donors (Lipinski definition) is 0. The highest BCUT2D eigenvalue weighted by Crippen LogP contribution is 2.17. The van der Waals surface area contributed by atoms with E-state index in [2.05, 4.69) is 4.98 Å². The Kier molecular flexibility index (Phi) is 3.46. The van der Waals surface area contributed by atoms with E-state index in [0.29, 0.717) is 10.6 Å². The van der Waals surface area contributed by atoms with E-state index in [0.717, 1.165) is 9.88 Å². The highest BCUT2D eigenvalue weighted by atomic mass is 32.2. The minimum Gasteiger partial charge on any atom is -0.254 e. The topological polar surface area (TPSA) is 30.0 Å². The first kappa shape index (κ1) is 11.4. The summed E-state index contributed by atoms with van der Waals surface area (Å²) in [7, 11) is -1.13. The minimum absolute atomic E-state index is 0.311. The van der Waals surface area contributed by atoms with Gasteiger partial charge in [-0.15, -0.1) is 11.3 Å². The Balaban J connectivity index is 2.11. The third kappa shape index (κ3) is 2.74. The summed E-state index contributed by atoms with van der Waals surface area (Å²) in [4.78, 5) is 5.73. The Labute approximate surface area is 99.6 Å². The summed E-state index contributed by atoms with van der Waals surface area (Å²) in [6.07, 6.45) is 1.74. The van der Waals surface area contributed by atoms with Crippen molar-refractivity contribution in [2.45, 2.75) is 17.6 Å². The van der Waals surface area contributed by atoms with Gasteiger partial charge in [-0.05, 0) is 31.2 Å². The normalized spacial score (nSPS) is 12.6. The first-order valence-electron chi connectivity index (χ1n) is 4.70. The molecule has 5 heteroatoms. The van der Waals surface area contributed by atoms with Gasteiger partial charge in [0, 0.05) is 16.0 Å². The van der Waals surface area contributed by atoms with E-state index in [9.17, 15) is 8.60 Å². The Bertz CT molecular complexity index is 507. The molecule has 0 aliphatic carbocycles. The van der Waals surface area contributed by atoms with Crippen molar-refractivity contribution in [2.75, 3.05) is 0 Å². The number of benzene rings is 1.